The molecule has 1 aliphatic heterocycles. The monoisotopic (exact) mass is 278 g/mol. The van der Waals surface area contributed by atoms with Gasteiger partial charge in [-0.3, -0.25) is 9.05 Å². The van der Waals surface area contributed by atoms with Gasteiger partial charge in [0, 0.05) is 0 Å². The van der Waals surface area contributed by atoms with Crippen LogP contribution in [0.1, 0.15) is 6.92 Å². The summed E-state index contributed by atoms with van der Waals surface area (Å²) in [5.41, 5.74) is -1.83. The molecule has 0 aromatic carbocycles. The predicted molar refractivity (Wildman–Crippen MR) is 49.3 cm³/mol. The Morgan fingerprint density at radius 3 is 2.44 bits per heavy atom. The zero-order valence-electron chi connectivity index (χ0n) is 8.22. The van der Waals surface area contributed by atoms with Crippen LogP contribution >= 0.6 is 15.6 Å². The Morgan fingerprint density at radius 1 is 1.38 bits per heavy atom. The number of phosphoric ester groups is 2. The third kappa shape index (κ3) is 3.33. The van der Waals surface area contributed by atoms with Crippen LogP contribution in [0.15, 0.2) is 0 Å². The first-order valence-corrected chi connectivity index (χ1v) is 7.10. The average molecular weight is 278 g/mol. The van der Waals surface area contributed by atoms with Crippen molar-refractivity contribution in [1.29, 1.82) is 0 Å². The molecule has 2 unspecified atom stereocenters. The van der Waals surface area contributed by atoms with Gasteiger partial charge in [0.2, 0.25) is 0 Å². The molecule has 0 aromatic rings. The van der Waals surface area contributed by atoms with Gasteiger partial charge >= 0.3 is 15.6 Å². The van der Waals surface area contributed by atoms with E-state index in [2.05, 4.69) is 13.4 Å². The minimum Gasteiger partial charge on any atom is -0.393 e. The first-order chi connectivity index (χ1) is 7.10. The molecule has 0 spiro atoms. The highest BCUT2D eigenvalue weighted by molar-refractivity contribution is 7.61. The van der Waals surface area contributed by atoms with E-state index in [1.807, 2.05) is 0 Å². The Balaban J connectivity index is 3.01. The number of rotatable bonds is 1. The Labute approximate surface area is 90.8 Å². The fourth-order valence-corrected chi connectivity index (χ4v) is 3.37. The van der Waals surface area contributed by atoms with Crippen molar-refractivity contribution >= 4 is 15.6 Å². The van der Waals surface area contributed by atoms with Gasteiger partial charge in [-0.15, -0.1) is 0 Å². The highest BCUT2D eigenvalue weighted by Gasteiger charge is 2.48. The van der Waals surface area contributed by atoms with Crippen LogP contribution in [0.4, 0.5) is 0 Å². The standard InChI is InChI=1S/C5H12O9P2/c1-5(3-6)4(7)2-12-15(8,9)14-16(10,11)13-5/h4,6-7H,2-3H2,1H3,(H,8,9)(H,10,11)/t4-,5+/m1/s1. The minimum atomic E-state index is -4.91. The van der Waals surface area contributed by atoms with Crippen LogP contribution in [0.2, 0.25) is 0 Å². The summed E-state index contributed by atoms with van der Waals surface area (Å²) < 4.78 is 34.7. The second-order valence-electron chi connectivity index (χ2n) is 3.39. The lowest BCUT2D eigenvalue weighted by Crippen LogP contribution is -2.47. The van der Waals surface area contributed by atoms with Crippen molar-refractivity contribution in [1.82, 2.24) is 0 Å². The van der Waals surface area contributed by atoms with E-state index >= 15 is 0 Å². The van der Waals surface area contributed by atoms with Crippen molar-refractivity contribution < 1.29 is 42.5 Å². The van der Waals surface area contributed by atoms with E-state index in [0.717, 1.165) is 6.92 Å². The smallest absolute Gasteiger partial charge is 0.393 e. The second kappa shape index (κ2) is 4.45. The van der Waals surface area contributed by atoms with Crippen molar-refractivity contribution in [3.8, 4) is 0 Å². The molecular weight excluding hydrogens is 266 g/mol. The number of aliphatic hydroxyl groups excluding tert-OH is 2. The largest absolute Gasteiger partial charge is 0.481 e. The van der Waals surface area contributed by atoms with Crippen molar-refractivity contribution in [2.45, 2.75) is 18.6 Å². The Hall–Kier alpha value is 0.180. The lowest BCUT2D eigenvalue weighted by atomic mass is 10.0. The molecule has 96 valence electrons. The molecule has 0 aromatic heterocycles. The van der Waals surface area contributed by atoms with Gasteiger partial charge in [0.1, 0.15) is 11.7 Å². The quantitative estimate of drug-likeness (QED) is 0.460. The predicted octanol–water partition coefficient (Wildman–Crippen LogP) is -0.638. The summed E-state index contributed by atoms with van der Waals surface area (Å²) in [7, 11) is -9.68. The molecule has 0 radical (unpaired) electrons. The third-order valence-electron chi connectivity index (χ3n) is 1.94. The first-order valence-electron chi connectivity index (χ1n) is 4.11. The summed E-state index contributed by atoms with van der Waals surface area (Å²) >= 11 is 0. The van der Waals surface area contributed by atoms with E-state index in [1.54, 1.807) is 0 Å². The molecule has 16 heavy (non-hydrogen) atoms. The third-order valence-corrected chi connectivity index (χ3v) is 4.72. The molecular formula is C5H12O9P2. The van der Waals surface area contributed by atoms with Crippen LogP contribution < -0.4 is 0 Å². The number of hydrogen-bond acceptors (Lipinski definition) is 7. The van der Waals surface area contributed by atoms with Crippen molar-refractivity contribution in [2.75, 3.05) is 13.2 Å². The second-order valence-corrected chi connectivity index (χ2v) is 6.36. The van der Waals surface area contributed by atoms with E-state index in [9.17, 15) is 14.2 Å². The molecule has 1 rings (SSSR count). The number of hydrogen-bond donors (Lipinski definition) is 4. The van der Waals surface area contributed by atoms with Crippen LogP contribution in [0.5, 0.6) is 0 Å². The topological polar surface area (TPSA) is 143 Å². The van der Waals surface area contributed by atoms with Gasteiger partial charge in [0.15, 0.2) is 0 Å². The van der Waals surface area contributed by atoms with Crippen molar-refractivity contribution in [2.24, 2.45) is 0 Å². The van der Waals surface area contributed by atoms with Crippen molar-refractivity contribution in [3.05, 3.63) is 0 Å². The Morgan fingerprint density at radius 2 is 1.94 bits per heavy atom. The lowest BCUT2D eigenvalue weighted by Gasteiger charge is -2.35. The summed E-state index contributed by atoms with van der Waals surface area (Å²) in [6, 6.07) is 0. The molecule has 4 atom stereocenters. The van der Waals surface area contributed by atoms with Crippen LogP contribution in [-0.2, 0) is 22.5 Å². The molecule has 0 saturated carbocycles. The maximum atomic E-state index is 11.2. The zero-order chi connectivity index (χ0) is 12.6. The molecule has 1 saturated heterocycles. The Bertz CT molecular complexity index is 356. The molecule has 9 nitrogen and oxygen atoms in total. The summed E-state index contributed by atoms with van der Waals surface area (Å²) in [4.78, 5) is 18.0. The van der Waals surface area contributed by atoms with Gasteiger partial charge in [0.25, 0.3) is 0 Å². The SMILES string of the molecule is C[C@@]1(CO)OP(=O)(O)OP(=O)(O)OC[C@H]1O. The normalized spacial score (nSPS) is 50.7. The van der Waals surface area contributed by atoms with Crippen LogP contribution in [0.25, 0.3) is 0 Å². The van der Waals surface area contributed by atoms with Gasteiger partial charge in [-0.2, -0.15) is 4.31 Å². The van der Waals surface area contributed by atoms with Gasteiger partial charge < -0.3 is 20.0 Å². The first kappa shape index (κ1) is 14.2. The summed E-state index contributed by atoms with van der Waals surface area (Å²) in [5, 5.41) is 18.4. The van der Waals surface area contributed by atoms with Gasteiger partial charge in [-0.25, -0.2) is 9.13 Å². The summed E-state index contributed by atoms with van der Waals surface area (Å²) in [6.07, 6.45) is -1.57. The van der Waals surface area contributed by atoms with Gasteiger partial charge in [-0.05, 0) is 6.92 Å². The maximum absolute atomic E-state index is 11.2. The molecule has 0 amide bonds. The van der Waals surface area contributed by atoms with E-state index < -0.39 is 40.6 Å². The highest BCUT2D eigenvalue weighted by atomic mass is 31.3. The van der Waals surface area contributed by atoms with E-state index in [0.29, 0.717) is 0 Å². The molecule has 0 aliphatic carbocycles. The minimum absolute atomic E-state index is 0.690. The fraction of sp³-hybridized carbons (Fsp3) is 1.00. The summed E-state index contributed by atoms with van der Waals surface area (Å²) in [5.74, 6) is 0. The van der Waals surface area contributed by atoms with E-state index in [1.165, 1.54) is 0 Å². The number of aliphatic hydroxyl groups is 2. The van der Waals surface area contributed by atoms with Crippen LogP contribution in [0.3, 0.4) is 0 Å². The maximum Gasteiger partial charge on any atom is 0.481 e. The summed E-state index contributed by atoms with van der Waals surface area (Å²) in [6.45, 7) is -0.368. The number of phosphoric acid groups is 2. The van der Waals surface area contributed by atoms with Crippen molar-refractivity contribution in [3.63, 3.8) is 0 Å². The average Bonchev–Trinajstić information content (AvgIpc) is 2.10. The van der Waals surface area contributed by atoms with Gasteiger partial charge in [-0.1, -0.05) is 0 Å². The molecule has 1 fully saturated rings. The molecule has 11 heteroatoms. The van der Waals surface area contributed by atoms with Crippen LogP contribution in [0, 0.1) is 0 Å². The van der Waals surface area contributed by atoms with E-state index in [4.69, 9.17) is 14.9 Å². The molecule has 1 heterocycles. The van der Waals surface area contributed by atoms with E-state index in [-0.39, 0.29) is 0 Å². The molecule has 1 aliphatic rings. The van der Waals surface area contributed by atoms with Crippen LogP contribution in [-0.4, -0.2) is 44.9 Å². The fourth-order valence-electron chi connectivity index (χ4n) is 0.970. The van der Waals surface area contributed by atoms with Gasteiger partial charge in [0.05, 0.1) is 13.2 Å². The molecule has 0 bridgehead atoms. The lowest BCUT2D eigenvalue weighted by molar-refractivity contribution is -0.109. The highest BCUT2D eigenvalue weighted by Crippen LogP contribution is 2.63. The molecule has 4 N–H and O–H groups in total. The Kier molecular flexibility index (Phi) is 3.96. The zero-order valence-corrected chi connectivity index (χ0v) is 10.0.